The molecule has 0 saturated carbocycles. The van der Waals surface area contributed by atoms with E-state index in [1.54, 1.807) is 0 Å². The molecule has 0 radical (unpaired) electrons. The molecule has 8 aromatic carbocycles. The summed E-state index contributed by atoms with van der Waals surface area (Å²) in [6.45, 7) is 0. The van der Waals surface area contributed by atoms with Gasteiger partial charge in [0.05, 0.1) is 11.4 Å². The number of hydrogen-bond donors (Lipinski definition) is 2. The van der Waals surface area contributed by atoms with Crippen molar-refractivity contribution in [1.29, 1.82) is 10.8 Å². The average molecular weight is 611 g/mol. The van der Waals surface area contributed by atoms with Crippen molar-refractivity contribution < 1.29 is 0 Å². The summed E-state index contributed by atoms with van der Waals surface area (Å²) >= 11 is 0. The van der Waals surface area contributed by atoms with Crippen LogP contribution in [0.5, 0.6) is 0 Å². The third kappa shape index (κ3) is 4.74. The van der Waals surface area contributed by atoms with Crippen LogP contribution in [0.1, 0.15) is 11.1 Å². The van der Waals surface area contributed by atoms with E-state index in [4.69, 9.17) is 10.8 Å². The fraction of sp³-hybridized carbons (Fsp3) is 0. The van der Waals surface area contributed by atoms with Crippen molar-refractivity contribution in [3.63, 3.8) is 0 Å². The molecule has 0 saturated heterocycles. The minimum Gasteiger partial charge on any atom is -0.299 e. The monoisotopic (exact) mass is 610 g/mol. The number of hydrogen-bond acceptors (Lipinski definition) is 2. The van der Waals surface area contributed by atoms with Gasteiger partial charge in [0, 0.05) is 5.57 Å². The second-order valence-corrected chi connectivity index (χ2v) is 12.6. The highest BCUT2D eigenvalue weighted by atomic mass is 14.5. The molecule has 0 spiro atoms. The molecule has 0 unspecified atom stereocenters. The number of allylic oxidation sites excluding steroid dienone is 4. The lowest BCUT2D eigenvalue weighted by Gasteiger charge is -2.18. The number of benzene rings is 8. The molecule has 1 aliphatic carbocycles. The van der Waals surface area contributed by atoms with Crippen LogP contribution in [0, 0.1) is 10.8 Å². The predicted molar refractivity (Wildman–Crippen MR) is 205 cm³/mol. The van der Waals surface area contributed by atoms with Crippen LogP contribution in [0.3, 0.4) is 0 Å². The SMILES string of the molecule is N=C1C=C(c2ccc3cc(-c4cccc5ccccc45)ccc3c2)C=C(c2ccc3cc(-c4cccc5ccccc45)ccc3c2)C1=N. The Morgan fingerprint density at radius 3 is 1.33 bits per heavy atom. The summed E-state index contributed by atoms with van der Waals surface area (Å²) in [7, 11) is 0. The summed E-state index contributed by atoms with van der Waals surface area (Å²) in [5.74, 6) is 0. The van der Waals surface area contributed by atoms with Gasteiger partial charge in [0.15, 0.2) is 0 Å². The Kier molecular flexibility index (Phi) is 6.48. The maximum atomic E-state index is 8.83. The van der Waals surface area contributed by atoms with E-state index < -0.39 is 0 Å². The van der Waals surface area contributed by atoms with E-state index in [0.29, 0.717) is 0 Å². The van der Waals surface area contributed by atoms with Crippen LogP contribution >= 0.6 is 0 Å². The lowest BCUT2D eigenvalue weighted by molar-refractivity contribution is 1.48. The molecular weight excluding hydrogens is 581 g/mol. The topological polar surface area (TPSA) is 47.7 Å². The third-order valence-corrected chi connectivity index (χ3v) is 9.66. The molecule has 0 amide bonds. The van der Waals surface area contributed by atoms with Gasteiger partial charge in [-0.15, -0.1) is 0 Å². The quantitative estimate of drug-likeness (QED) is 0.186. The predicted octanol–water partition coefficient (Wildman–Crippen LogP) is 12.2. The highest BCUT2D eigenvalue weighted by molar-refractivity contribution is 6.61. The summed E-state index contributed by atoms with van der Waals surface area (Å²) < 4.78 is 0. The van der Waals surface area contributed by atoms with Crippen molar-refractivity contribution >= 4 is 65.7 Å². The van der Waals surface area contributed by atoms with E-state index in [1.807, 2.05) is 6.08 Å². The van der Waals surface area contributed by atoms with Crippen LogP contribution in [0.25, 0.3) is 76.5 Å². The molecular formula is C46H30N2. The van der Waals surface area contributed by atoms with Gasteiger partial charge in [-0.1, -0.05) is 133 Å². The summed E-state index contributed by atoms with van der Waals surface area (Å²) in [4.78, 5) is 0. The summed E-state index contributed by atoms with van der Waals surface area (Å²) in [6.07, 6.45) is 3.88. The first-order valence-corrected chi connectivity index (χ1v) is 16.2. The molecule has 48 heavy (non-hydrogen) atoms. The van der Waals surface area contributed by atoms with Gasteiger partial charge in [0.1, 0.15) is 0 Å². The van der Waals surface area contributed by atoms with E-state index in [-0.39, 0.29) is 11.4 Å². The Morgan fingerprint density at radius 2 is 0.771 bits per heavy atom. The molecule has 0 aliphatic heterocycles. The minimum atomic E-state index is 0.223. The van der Waals surface area contributed by atoms with Crippen LogP contribution in [0.2, 0.25) is 0 Å². The number of fused-ring (bicyclic) bond motifs is 4. The van der Waals surface area contributed by atoms with Gasteiger partial charge in [-0.3, -0.25) is 10.8 Å². The van der Waals surface area contributed by atoms with Gasteiger partial charge in [-0.25, -0.2) is 0 Å². The van der Waals surface area contributed by atoms with E-state index in [1.165, 1.54) is 49.2 Å². The fourth-order valence-corrected chi connectivity index (χ4v) is 7.16. The number of nitrogens with one attached hydrogen (secondary N) is 2. The van der Waals surface area contributed by atoms with Crippen molar-refractivity contribution in [2.24, 2.45) is 0 Å². The van der Waals surface area contributed by atoms with Gasteiger partial charge in [0.25, 0.3) is 0 Å². The van der Waals surface area contributed by atoms with Gasteiger partial charge >= 0.3 is 0 Å². The molecule has 9 rings (SSSR count). The Labute approximate surface area is 279 Å². The van der Waals surface area contributed by atoms with E-state index in [9.17, 15) is 0 Å². The lowest BCUT2D eigenvalue weighted by atomic mass is 9.86. The van der Waals surface area contributed by atoms with Gasteiger partial charge in [-0.05, 0) is 118 Å². The van der Waals surface area contributed by atoms with Crippen LogP contribution in [-0.4, -0.2) is 11.4 Å². The smallest absolute Gasteiger partial charge is 0.0867 e. The molecule has 224 valence electrons. The van der Waals surface area contributed by atoms with Crippen molar-refractivity contribution in [3.8, 4) is 22.3 Å². The zero-order valence-corrected chi connectivity index (χ0v) is 26.2. The second kappa shape index (κ2) is 11.2. The Balaban J connectivity index is 1.06. The average Bonchev–Trinajstić information content (AvgIpc) is 3.14. The fourth-order valence-electron chi connectivity index (χ4n) is 7.16. The standard InChI is InChI=1S/C46H30N2/c47-45-28-39(35-16-15-32-24-36(20-17-31(32)23-35)42-13-5-9-29-7-1-3-11-40(29)42)27-44(46(45)48)38-22-19-33-25-37(21-18-34(33)26-38)43-14-6-10-30-8-2-4-12-41(30)43/h1-28,47-48H. The second-order valence-electron chi connectivity index (χ2n) is 12.6. The van der Waals surface area contributed by atoms with Crippen molar-refractivity contribution in [3.05, 3.63) is 181 Å². The van der Waals surface area contributed by atoms with Crippen molar-refractivity contribution in [1.82, 2.24) is 0 Å². The molecule has 1 aliphatic rings. The zero-order valence-electron chi connectivity index (χ0n) is 26.2. The first kappa shape index (κ1) is 27.9. The largest absolute Gasteiger partial charge is 0.299 e. The van der Waals surface area contributed by atoms with Crippen LogP contribution < -0.4 is 0 Å². The third-order valence-electron chi connectivity index (χ3n) is 9.66. The molecule has 0 fully saturated rings. The van der Waals surface area contributed by atoms with Gasteiger partial charge < -0.3 is 0 Å². The van der Waals surface area contributed by atoms with Gasteiger partial charge in [0.2, 0.25) is 0 Å². The molecule has 0 heterocycles. The highest BCUT2D eigenvalue weighted by Gasteiger charge is 2.19. The first-order chi connectivity index (χ1) is 23.6. The molecule has 2 nitrogen and oxygen atoms in total. The summed E-state index contributed by atoms with van der Waals surface area (Å²) in [6, 6.07) is 56.0. The maximum absolute atomic E-state index is 8.83. The van der Waals surface area contributed by atoms with Crippen molar-refractivity contribution in [2.75, 3.05) is 0 Å². The molecule has 2 heteroatoms. The van der Waals surface area contributed by atoms with E-state index in [0.717, 1.165) is 38.4 Å². The molecule has 0 atom stereocenters. The highest BCUT2D eigenvalue weighted by Crippen LogP contribution is 2.35. The van der Waals surface area contributed by atoms with Gasteiger partial charge in [-0.2, -0.15) is 0 Å². The van der Waals surface area contributed by atoms with Crippen LogP contribution in [0.15, 0.2) is 170 Å². The molecule has 0 aromatic heterocycles. The summed E-state index contributed by atoms with van der Waals surface area (Å²) in [5, 5.41) is 27.1. The maximum Gasteiger partial charge on any atom is 0.0867 e. The molecule has 8 aromatic rings. The Morgan fingerprint density at radius 1 is 0.333 bits per heavy atom. The Bertz CT molecular complexity index is 2700. The minimum absolute atomic E-state index is 0.223. The normalized spacial score (nSPS) is 13.3. The lowest BCUT2D eigenvalue weighted by Crippen LogP contribution is -2.15. The number of rotatable bonds is 4. The Hall–Kier alpha value is -6.38. The van der Waals surface area contributed by atoms with Crippen LogP contribution in [0.4, 0.5) is 0 Å². The van der Waals surface area contributed by atoms with Crippen LogP contribution in [-0.2, 0) is 0 Å². The molecule has 2 N–H and O–H groups in total. The molecule has 0 bridgehead atoms. The van der Waals surface area contributed by atoms with E-state index in [2.05, 4.69) is 164 Å². The van der Waals surface area contributed by atoms with E-state index >= 15 is 0 Å². The van der Waals surface area contributed by atoms with Crippen molar-refractivity contribution in [2.45, 2.75) is 0 Å². The zero-order chi connectivity index (χ0) is 32.2. The first-order valence-electron chi connectivity index (χ1n) is 16.2. The summed E-state index contributed by atoms with van der Waals surface area (Å²) in [5.41, 5.74) is 8.99.